The summed E-state index contributed by atoms with van der Waals surface area (Å²) in [6.07, 6.45) is -0.557. The van der Waals surface area contributed by atoms with E-state index in [4.69, 9.17) is 14.7 Å². The van der Waals surface area contributed by atoms with Gasteiger partial charge in [0.15, 0.2) is 6.61 Å². The molecule has 0 heterocycles. The molecule has 0 spiro atoms. The van der Waals surface area contributed by atoms with Crippen molar-refractivity contribution in [1.82, 2.24) is 0 Å². The zero-order valence-corrected chi connectivity index (χ0v) is 11.6. The number of ether oxygens (including phenoxy) is 2. The van der Waals surface area contributed by atoms with Crippen molar-refractivity contribution in [2.75, 3.05) is 11.9 Å². The van der Waals surface area contributed by atoms with Gasteiger partial charge in [0.05, 0.1) is 5.69 Å². The van der Waals surface area contributed by atoms with Crippen LogP contribution in [0.3, 0.4) is 0 Å². The number of anilines is 1. The fraction of sp³-hybridized carbons (Fsp3) is 0.429. The number of amides is 1. The van der Waals surface area contributed by atoms with E-state index >= 15 is 0 Å². The van der Waals surface area contributed by atoms with Gasteiger partial charge in [0.1, 0.15) is 17.4 Å². The van der Waals surface area contributed by atoms with Crippen LogP contribution in [0.15, 0.2) is 18.2 Å². The summed E-state index contributed by atoms with van der Waals surface area (Å²) in [5, 5.41) is 11.1. The first kappa shape index (κ1) is 14.8. The van der Waals surface area contributed by atoms with Crippen molar-refractivity contribution in [2.24, 2.45) is 0 Å². The highest BCUT2D eigenvalue weighted by atomic mass is 16.6. The maximum Gasteiger partial charge on any atom is 0.412 e. The molecule has 1 aromatic rings. The number of hydrogen-bond donors (Lipinski definition) is 1. The summed E-state index contributed by atoms with van der Waals surface area (Å²) in [6, 6.07) is 7.20. The summed E-state index contributed by atoms with van der Waals surface area (Å²) in [4.78, 5) is 11.7. The Hall–Kier alpha value is -2.22. The van der Waals surface area contributed by atoms with Gasteiger partial charge in [0, 0.05) is 0 Å². The summed E-state index contributed by atoms with van der Waals surface area (Å²) < 4.78 is 10.4. The average Bonchev–Trinajstić information content (AvgIpc) is 2.27. The molecule has 1 rings (SSSR count). The number of nitriles is 1. The second kappa shape index (κ2) is 6.10. The number of carbonyl (C=O) groups is 1. The SMILES string of the molecule is Cc1ccc(NC(=O)OC(C)(C)C)c(OCC#N)c1. The van der Waals surface area contributed by atoms with E-state index in [1.807, 2.05) is 19.1 Å². The van der Waals surface area contributed by atoms with Crippen LogP contribution in [-0.4, -0.2) is 18.3 Å². The van der Waals surface area contributed by atoms with Gasteiger partial charge in [-0.25, -0.2) is 4.79 Å². The minimum Gasteiger partial charge on any atom is -0.477 e. The summed E-state index contributed by atoms with van der Waals surface area (Å²) in [5.74, 6) is 0.451. The zero-order valence-electron chi connectivity index (χ0n) is 11.6. The minimum atomic E-state index is -0.567. The van der Waals surface area contributed by atoms with Gasteiger partial charge >= 0.3 is 6.09 Å². The Kier molecular flexibility index (Phi) is 4.76. The Morgan fingerprint density at radius 2 is 2.11 bits per heavy atom. The number of carbonyl (C=O) groups excluding carboxylic acids is 1. The Morgan fingerprint density at radius 3 is 2.68 bits per heavy atom. The molecular formula is C14H18N2O3. The van der Waals surface area contributed by atoms with Crippen LogP contribution in [0.4, 0.5) is 10.5 Å². The van der Waals surface area contributed by atoms with Gasteiger partial charge in [-0.05, 0) is 45.4 Å². The van der Waals surface area contributed by atoms with Crippen molar-refractivity contribution in [1.29, 1.82) is 5.26 Å². The van der Waals surface area contributed by atoms with Crippen LogP contribution in [0.5, 0.6) is 5.75 Å². The Bertz CT molecular complexity index is 498. The Labute approximate surface area is 113 Å². The summed E-state index contributed by atoms with van der Waals surface area (Å²) in [7, 11) is 0. The monoisotopic (exact) mass is 262 g/mol. The third-order valence-corrected chi connectivity index (χ3v) is 2.06. The van der Waals surface area contributed by atoms with E-state index in [1.165, 1.54) is 0 Å². The van der Waals surface area contributed by atoms with E-state index in [-0.39, 0.29) is 6.61 Å². The molecule has 0 aliphatic carbocycles. The molecule has 19 heavy (non-hydrogen) atoms. The highest BCUT2D eigenvalue weighted by molar-refractivity contribution is 5.87. The highest BCUT2D eigenvalue weighted by Gasteiger charge is 2.17. The molecule has 1 amide bonds. The number of hydrogen-bond acceptors (Lipinski definition) is 4. The molecule has 0 aliphatic heterocycles. The van der Waals surface area contributed by atoms with Crippen LogP contribution < -0.4 is 10.1 Å². The first-order valence-electron chi connectivity index (χ1n) is 5.92. The van der Waals surface area contributed by atoms with Gasteiger partial charge in [-0.15, -0.1) is 0 Å². The Balaban J connectivity index is 2.82. The van der Waals surface area contributed by atoms with Crippen molar-refractivity contribution in [3.8, 4) is 11.8 Å². The molecule has 5 heteroatoms. The van der Waals surface area contributed by atoms with Crippen LogP contribution in [-0.2, 0) is 4.74 Å². The molecule has 0 aromatic heterocycles. The van der Waals surface area contributed by atoms with Gasteiger partial charge in [-0.2, -0.15) is 5.26 Å². The largest absolute Gasteiger partial charge is 0.477 e. The third-order valence-electron chi connectivity index (χ3n) is 2.06. The molecule has 0 radical (unpaired) electrons. The van der Waals surface area contributed by atoms with Crippen molar-refractivity contribution >= 4 is 11.8 Å². The summed E-state index contributed by atoms with van der Waals surface area (Å²) in [5.41, 5.74) is 0.889. The van der Waals surface area contributed by atoms with Crippen molar-refractivity contribution < 1.29 is 14.3 Å². The number of aryl methyl sites for hydroxylation is 1. The molecule has 0 unspecified atom stereocenters. The Morgan fingerprint density at radius 1 is 1.42 bits per heavy atom. The van der Waals surface area contributed by atoms with Crippen molar-refractivity contribution in [3.05, 3.63) is 23.8 Å². The second-order valence-corrected chi connectivity index (χ2v) is 5.07. The van der Waals surface area contributed by atoms with Crippen LogP contribution in [0.1, 0.15) is 26.3 Å². The zero-order chi connectivity index (χ0) is 14.5. The van der Waals surface area contributed by atoms with E-state index in [1.54, 1.807) is 32.9 Å². The number of rotatable bonds is 3. The molecule has 0 fully saturated rings. The van der Waals surface area contributed by atoms with Crippen molar-refractivity contribution in [3.63, 3.8) is 0 Å². The maximum absolute atomic E-state index is 11.7. The smallest absolute Gasteiger partial charge is 0.412 e. The van der Waals surface area contributed by atoms with E-state index in [0.717, 1.165) is 5.56 Å². The molecule has 0 saturated carbocycles. The van der Waals surface area contributed by atoms with E-state index in [0.29, 0.717) is 11.4 Å². The van der Waals surface area contributed by atoms with E-state index < -0.39 is 11.7 Å². The third kappa shape index (κ3) is 5.30. The second-order valence-electron chi connectivity index (χ2n) is 5.07. The standard InChI is InChI=1S/C14H18N2O3/c1-10-5-6-11(12(9-10)18-8-7-15)16-13(17)19-14(2,3)4/h5-6,9H,8H2,1-4H3,(H,16,17). The van der Waals surface area contributed by atoms with Crippen LogP contribution in [0.25, 0.3) is 0 Å². The summed E-state index contributed by atoms with van der Waals surface area (Å²) in [6.45, 7) is 7.18. The predicted molar refractivity (Wildman–Crippen MR) is 72.1 cm³/mol. The normalized spacial score (nSPS) is 10.5. The number of benzene rings is 1. The lowest BCUT2D eigenvalue weighted by Gasteiger charge is -2.20. The van der Waals surface area contributed by atoms with Crippen molar-refractivity contribution in [2.45, 2.75) is 33.3 Å². The van der Waals surface area contributed by atoms with Gasteiger partial charge in [-0.3, -0.25) is 5.32 Å². The average molecular weight is 262 g/mol. The molecule has 0 bridgehead atoms. The fourth-order valence-electron chi connectivity index (χ4n) is 1.38. The lowest BCUT2D eigenvalue weighted by Crippen LogP contribution is -2.27. The van der Waals surface area contributed by atoms with Gasteiger partial charge < -0.3 is 9.47 Å². The quantitative estimate of drug-likeness (QED) is 0.907. The lowest BCUT2D eigenvalue weighted by molar-refractivity contribution is 0.0635. The van der Waals surface area contributed by atoms with E-state index in [2.05, 4.69) is 5.32 Å². The fourth-order valence-corrected chi connectivity index (χ4v) is 1.38. The molecule has 0 saturated heterocycles. The van der Waals surface area contributed by atoms with Gasteiger partial charge in [0.2, 0.25) is 0 Å². The number of nitrogens with zero attached hydrogens (tertiary/aromatic N) is 1. The van der Waals surface area contributed by atoms with Crippen LogP contribution in [0, 0.1) is 18.3 Å². The van der Waals surface area contributed by atoms with Gasteiger partial charge in [-0.1, -0.05) is 6.07 Å². The molecule has 102 valence electrons. The molecule has 0 aliphatic rings. The van der Waals surface area contributed by atoms with E-state index in [9.17, 15) is 4.79 Å². The number of nitrogens with one attached hydrogen (secondary N) is 1. The lowest BCUT2D eigenvalue weighted by atomic mass is 10.2. The molecule has 5 nitrogen and oxygen atoms in total. The van der Waals surface area contributed by atoms with Crippen LogP contribution in [0.2, 0.25) is 0 Å². The minimum absolute atomic E-state index is 0.0769. The first-order chi connectivity index (χ1) is 8.81. The predicted octanol–water partition coefficient (Wildman–Crippen LogP) is 3.24. The van der Waals surface area contributed by atoms with Crippen LogP contribution >= 0.6 is 0 Å². The molecule has 0 atom stereocenters. The molecule has 1 aromatic carbocycles. The summed E-state index contributed by atoms with van der Waals surface area (Å²) >= 11 is 0. The molecule has 1 N–H and O–H groups in total. The van der Waals surface area contributed by atoms with Gasteiger partial charge in [0.25, 0.3) is 0 Å². The first-order valence-corrected chi connectivity index (χ1v) is 5.92. The molecular weight excluding hydrogens is 244 g/mol. The topological polar surface area (TPSA) is 71.3 Å². The maximum atomic E-state index is 11.7. The highest BCUT2D eigenvalue weighted by Crippen LogP contribution is 2.26.